The summed E-state index contributed by atoms with van der Waals surface area (Å²) in [5, 5.41) is 16.5. The number of aryl methyl sites for hydroxylation is 2. The van der Waals surface area contributed by atoms with E-state index in [9.17, 15) is 0 Å². The van der Waals surface area contributed by atoms with Gasteiger partial charge in [-0.15, -0.1) is 35.3 Å². The highest BCUT2D eigenvalue weighted by Crippen LogP contribution is 2.28. The van der Waals surface area contributed by atoms with Gasteiger partial charge in [0.05, 0.1) is 32.5 Å². The van der Waals surface area contributed by atoms with Crippen LogP contribution in [0.3, 0.4) is 0 Å². The lowest BCUT2D eigenvalue weighted by atomic mass is 10.2. The summed E-state index contributed by atoms with van der Waals surface area (Å²) in [5.41, 5.74) is 2.08. The average Bonchev–Trinajstić information content (AvgIpc) is 3.00. The Morgan fingerprint density at radius 3 is 2.64 bits per heavy atom. The van der Waals surface area contributed by atoms with Gasteiger partial charge in [-0.2, -0.15) is 0 Å². The third-order valence-electron chi connectivity index (χ3n) is 3.82. The molecule has 0 spiro atoms. The molecule has 28 heavy (non-hydrogen) atoms. The molecule has 1 aromatic carbocycles. The van der Waals surface area contributed by atoms with Gasteiger partial charge in [-0.25, -0.2) is 9.98 Å². The number of aliphatic hydroxyl groups excluding tert-OH is 1. The fourth-order valence-electron chi connectivity index (χ4n) is 2.37. The van der Waals surface area contributed by atoms with Gasteiger partial charge in [-0.1, -0.05) is 6.07 Å². The molecule has 9 heteroatoms. The number of guanidine groups is 1. The molecule has 0 bridgehead atoms. The molecule has 3 N–H and O–H groups in total. The first kappa shape index (κ1) is 24.4. The number of aliphatic imine (C=N–C) groups is 1. The van der Waals surface area contributed by atoms with Gasteiger partial charge in [0.15, 0.2) is 17.5 Å². The highest BCUT2D eigenvalue weighted by atomic mass is 127. The smallest absolute Gasteiger partial charge is 0.191 e. The summed E-state index contributed by atoms with van der Waals surface area (Å²) in [4.78, 5) is 10.4. The topological polar surface area (TPSA) is 88.0 Å². The molecule has 0 saturated heterocycles. The third kappa shape index (κ3) is 7.44. The number of methoxy groups -OCH3 is 1. The van der Waals surface area contributed by atoms with Gasteiger partial charge in [0.25, 0.3) is 0 Å². The number of hydrogen-bond donors (Lipinski definition) is 3. The first-order valence-corrected chi connectivity index (χ1v) is 9.74. The largest absolute Gasteiger partial charge is 0.493 e. The molecule has 0 aliphatic heterocycles. The van der Waals surface area contributed by atoms with Crippen molar-refractivity contribution in [2.75, 3.05) is 26.9 Å². The number of thiazole rings is 1. The summed E-state index contributed by atoms with van der Waals surface area (Å²) < 4.78 is 10.8. The van der Waals surface area contributed by atoms with Crippen LogP contribution in [0.4, 0.5) is 0 Å². The van der Waals surface area contributed by atoms with Gasteiger partial charge in [0.2, 0.25) is 0 Å². The molecule has 0 fully saturated rings. The molecule has 1 aromatic heterocycles. The Hall–Kier alpha value is -1.59. The molecular weight excluding hydrogens is 491 g/mol. The highest BCUT2D eigenvalue weighted by molar-refractivity contribution is 14.0. The van der Waals surface area contributed by atoms with E-state index in [1.165, 1.54) is 4.88 Å². The summed E-state index contributed by atoms with van der Waals surface area (Å²) in [7, 11) is 1.60. The number of hydrogen-bond acceptors (Lipinski definition) is 6. The summed E-state index contributed by atoms with van der Waals surface area (Å²) in [6.07, 6.45) is 0. The Morgan fingerprint density at radius 2 is 2.04 bits per heavy atom. The maximum absolute atomic E-state index is 8.89. The van der Waals surface area contributed by atoms with E-state index in [1.54, 1.807) is 18.4 Å². The Balaban J connectivity index is 0.00000392. The summed E-state index contributed by atoms with van der Waals surface area (Å²) >= 11 is 1.70. The number of benzene rings is 1. The van der Waals surface area contributed by atoms with Crippen LogP contribution in [0.5, 0.6) is 11.5 Å². The van der Waals surface area contributed by atoms with Gasteiger partial charge in [-0.3, -0.25) is 0 Å². The van der Waals surface area contributed by atoms with E-state index in [0.29, 0.717) is 24.6 Å². The summed E-state index contributed by atoms with van der Waals surface area (Å²) in [5.74, 6) is 1.98. The van der Waals surface area contributed by atoms with Crippen LogP contribution in [0.15, 0.2) is 23.2 Å². The predicted molar refractivity (Wildman–Crippen MR) is 124 cm³/mol. The highest BCUT2D eigenvalue weighted by Gasteiger charge is 2.07. The number of rotatable bonds is 9. The average molecular weight is 520 g/mol. The second-order valence-electron chi connectivity index (χ2n) is 5.86. The van der Waals surface area contributed by atoms with Crippen molar-refractivity contribution in [3.05, 3.63) is 39.3 Å². The third-order valence-corrected chi connectivity index (χ3v) is 4.89. The standard InChI is InChI=1S/C19H28N4O3S.HI/c1-5-20-19(22-12-18-23-13(2)14(3)27-18)21-11-15-6-7-16(26-9-8-24)17(10-15)25-4;/h6-7,10,24H,5,8-9,11-12H2,1-4H3,(H2,20,21,22);1H. The van der Waals surface area contributed by atoms with Crippen LogP contribution in [0, 0.1) is 13.8 Å². The van der Waals surface area contributed by atoms with Crippen LogP contribution >= 0.6 is 35.3 Å². The lowest BCUT2D eigenvalue weighted by Crippen LogP contribution is -2.36. The SMILES string of the molecule is CCNC(=NCc1ccc(OCCO)c(OC)c1)NCc1nc(C)c(C)s1.I. The Bertz CT molecular complexity index is 748. The van der Waals surface area contributed by atoms with E-state index in [1.807, 2.05) is 32.0 Å². The molecule has 1 heterocycles. The molecular formula is C19H29IN4O3S. The zero-order valence-electron chi connectivity index (χ0n) is 16.7. The van der Waals surface area contributed by atoms with Crippen LogP contribution in [0.25, 0.3) is 0 Å². The van der Waals surface area contributed by atoms with Crippen molar-refractivity contribution in [1.29, 1.82) is 0 Å². The Morgan fingerprint density at radius 1 is 1.25 bits per heavy atom. The fraction of sp³-hybridized carbons (Fsp3) is 0.474. The molecule has 0 aliphatic rings. The molecule has 0 amide bonds. The molecule has 2 rings (SSSR count). The van der Waals surface area contributed by atoms with E-state index in [-0.39, 0.29) is 37.2 Å². The van der Waals surface area contributed by atoms with E-state index in [0.717, 1.165) is 28.8 Å². The second kappa shape index (κ2) is 12.8. The van der Waals surface area contributed by atoms with Crippen LogP contribution in [0.2, 0.25) is 0 Å². The molecule has 156 valence electrons. The van der Waals surface area contributed by atoms with Gasteiger partial charge < -0.3 is 25.2 Å². The lowest BCUT2D eigenvalue weighted by molar-refractivity contribution is 0.196. The molecule has 0 saturated carbocycles. The van der Waals surface area contributed by atoms with Crippen LogP contribution in [-0.4, -0.2) is 42.9 Å². The van der Waals surface area contributed by atoms with Crippen molar-refractivity contribution < 1.29 is 14.6 Å². The van der Waals surface area contributed by atoms with Crippen molar-refractivity contribution in [3.63, 3.8) is 0 Å². The monoisotopic (exact) mass is 520 g/mol. The summed E-state index contributed by atoms with van der Waals surface area (Å²) in [6, 6.07) is 5.67. The maximum atomic E-state index is 8.89. The van der Waals surface area contributed by atoms with Gasteiger partial charge >= 0.3 is 0 Å². The fourth-order valence-corrected chi connectivity index (χ4v) is 3.25. The molecule has 0 radical (unpaired) electrons. The summed E-state index contributed by atoms with van der Waals surface area (Å²) in [6.45, 7) is 8.25. The maximum Gasteiger partial charge on any atom is 0.191 e. The van der Waals surface area contributed by atoms with Crippen LogP contribution in [0.1, 0.15) is 28.1 Å². The van der Waals surface area contributed by atoms with Crippen molar-refractivity contribution in [2.45, 2.75) is 33.9 Å². The normalized spacial score (nSPS) is 11.0. The number of nitrogens with zero attached hydrogens (tertiary/aromatic N) is 2. The number of aliphatic hydroxyl groups is 1. The lowest BCUT2D eigenvalue weighted by Gasteiger charge is -2.12. The predicted octanol–water partition coefficient (Wildman–Crippen LogP) is 3.01. The van der Waals surface area contributed by atoms with Crippen LogP contribution < -0.4 is 20.1 Å². The zero-order valence-corrected chi connectivity index (χ0v) is 19.9. The van der Waals surface area contributed by atoms with Crippen LogP contribution in [-0.2, 0) is 13.1 Å². The van der Waals surface area contributed by atoms with Crippen molar-refractivity contribution in [3.8, 4) is 11.5 Å². The number of aromatic nitrogens is 1. The van der Waals surface area contributed by atoms with E-state index < -0.39 is 0 Å². The van der Waals surface area contributed by atoms with E-state index in [4.69, 9.17) is 14.6 Å². The first-order chi connectivity index (χ1) is 13.1. The molecule has 0 unspecified atom stereocenters. The quantitative estimate of drug-likeness (QED) is 0.268. The van der Waals surface area contributed by atoms with Crippen molar-refractivity contribution in [2.24, 2.45) is 4.99 Å². The minimum absolute atomic E-state index is 0. The second-order valence-corrected chi connectivity index (χ2v) is 7.14. The van der Waals surface area contributed by atoms with Crippen molar-refractivity contribution in [1.82, 2.24) is 15.6 Å². The minimum atomic E-state index is -0.0366. The molecule has 7 nitrogen and oxygen atoms in total. The number of nitrogens with one attached hydrogen (secondary N) is 2. The zero-order chi connectivity index (χ0) is 19.6. The molecule has 0 atom stereocenters. The molecule has 0 aliphatic carbocycles. The Labute approximate surface area is 187 Å². The number of ether oxygens (including phenoxy) is 2. The first-order valence-electron chi connectivity index (χ1n) is 8.93. The van der Waals surface area contributed by atoms with Gasteiger partial charge in [0.1, 0.15) is 11.6 Å². The van der Waals surface area contributed by atoms with Crippen molar-refractivity contribution >= 4 is 41.3 Å². The Kier molecular flexibility index (Phi) is 11.2. The van der Waals surface area contributed by atoms with E-state index in [2.05, 4.69) is 27.5 Å². The van der Waals surface area contributed by atoms with Gasteiger partial charge in [-0.05, 0) is 38.5 Å². The minimum Gasteiger partial charge on any atom is -0.493 e. The molecule has 2 aromatic rings. The van der Waals surface area contributed by atoms with Gasteiger partial charge in [0, 0.05) is 11.4 Å². The number of halogens is 1. The van der Waals surface area contributed by atoms with E-state index >= 15 is 0 Å².